The number of ether oxygens (including phenoxy) is 1. The van der Waals surface area contributed by atoms with Crippen molar-refractivity contribution in [3.63, 3.8) is 0 Å². The van der Waals surface area contributed by atoms with Crippen molar-refractivity contribution in [1.29, 1.82) is 0 Å². The molecular weight excluding hydrogens is 492 g/mol. The SMILES string of the molecule is O=C(CCCO[N+](=O)[O-])N1CCCC(OCC2(Cc3ccccc3)CC2)C1.c1ccc(-c2ccccc2)cc1. The molecule has 1 saturated heterocycles. The first-order valence-electron chi connectivity index (χ1n) is 13.8. The Morgan fingerprint density at radius 3 is 2.08 bits per heavy atom. The van der Waals surface area contributed by atoms with Crippen molar-refractivity contribution in [3.05, 3.63) is 107 Å². The molecule has 1 amide bonds. The number of rotatable bonds is 11. The normalized spacial score (nSPS) is 17.4. The van der Waals surface area contributed by atoms with Crippen LogP contribution in [0, 0.1) is 15.5 Å². The topological polar surface area (TPSA) is 81.9 Å². The number of carbonyl (C=O) groups is 1. The molecule has 1 unspecified atom stereocenters. The smallest absolute Gasteiger partial charge is 0.294 e. The highest BCUT2D eigenvalue weighted by molar-refractivity contribution is 5.76. The molecular formula is C32H38N2O5. The summed E-state index contributed by atoms with van der Waals surface area (Å²) in [5.74, 6) is 0.0284. The lowest BCUT2D eigenvalue weighted by molar-refractivity contribution is -0.757. The second-order valence-electron chi connectivity index (χ2n) is 10.5. The van der Waals surface area contributed by atoms with E-state index < -0.39 is 5.09 Å². The number of carbonyl (C=O) groups excluding carboxylic acids is 1. The van der Waals surface area contributed by atoms with Crippen molar-refractivity contribution >= 4 is 5.91 Å². The summed E-state index contributed by atoms with van der Waals surface area (Å²) in [5, 5.41) is 9.31. The highest BCUT2D eigenvalue weighted by Crippen LogP contribution is 2.49. The molecule has 2 aliphatic rings. The van der Waals surface area contributed by atoms with Crippen molar-refractivity contribution < 1.29 is 19.5 Å². The fraction of sp³-hybridized carbons (Fsp3) is 0.406. The van der Waals surface area contributed by atoms with Gasteiger partial charge in [-0.1, -0.05) is 91.0 Å². The molecule has 39 heavy (non-hydrogen) atoms. The number of hydrogen-bond donors (Lipinski definition) is 0. The van der Waals surface area contributed by atoms with Gasteiger partial charge in [0.05, 0.1) is 19.3 Å². The molecule has 5 rings (SSSR count). The van der Waals surface area contributed by atoms with E-state index in [0.717, 1.165) is 32.4 Å². The maximum absolute atomic E-state index is 12.3. The van der Waals surface area contributed by atoms with Crippen LogP contribution in [0.2, 0.25) is 0 Å². The highest BCUT2D eigenvalue weighted by atomic mass is 16.9. The van der Waals surface area contributed by atoms with E-state index in [9.17, 15) is 14.9 Å². The molecule has 3 aromatic rings. The molecule has 0 N–H and O–H groups in total. The third kappa shape index (κ3) is 9.52. The standard InChI is InChI=1S/C20H28N2O5.C12H10/c23-19(9-5-13-27-22(24)25)21-12-4-8-18(15-21)26-16-20(10-11-20)14-17-6-2-1-3-7-17;1-3-7-11(8-4-1)12-9-5-2-6-10-12/h1-3,6-7,18H,4-5,8-16H2;1-10H. The van der Waals surface area contributed by atoms with Crippen LogP contribution in [0.15, 0.2) is 91.0 Å². The van der Waals surface area contributed by atoms with E-state index >= 15 is 0 Å². The summed E-state index contributed by atoms with van der Waals surface area (Å²) in [6.07, 6.45) is 6.11. The second-order valence-corrected chi connectivity index (χ2v) is 10.5. The van der Waals surface area contributed by atoms with Gasteiger partial charge >= 0.3 is 0 Å². The molecule has 206 valence electrons. The minimum absolute atomic E-state index is 0.0284. The Morgan fingerprint density at radius 2 is 1.51 bits per heavy atom. The van der Waals surface area contributed by atoms with Gasteiger partial charge in [-0.3, -0.25) is 4.79 Å². The molecule has 1 atom stereocenters. The maximum atomic E-state index is 12.3. The summed E-state index contributed by atoms with van der Waals surface area (Å²) in [7, 11) is 0. The number of nitrogens with zero attached hydrogens (tertiary/aromatic N) is 2. The fourth-order valence-electron chi connectivity index (χ4n) is 4.95. The van der Waals surface area contributed by atoms with Crippen molar-refractivity contribution in [2.45, 2.75) is 51.0 Å². The van der Waals surface area contributed by atoms with Crippen LogP contribution < -0.4 is 0 Å². The lowest BCUT2D eigenvalue weighted by atomic mass is 9.97. The largest absolute Gasteiger partial charge is 0.376 e. The molecule has 3 aromatic carbocycles. The van der Waals surface area contributed by atoms with Crippen LogP contribution in [-0.2, 0) is 20.8 Å². The van der Waals surface area contributed by atoms with Crippen LogP contribution >= 0.6 is 0 Å². The van der Waals surface area contributed by atoms with Gasteiger partial charge in [0.2, 0.25) is 5.91 Å². The van der Waals surface area contributed by atoms with Crippen molar-refractivity contribution in [2.75, 3.05) is 26.3 Å². The van der Waals surface area contributed by atoms with Crippen molar-refractivity contribution in [3.8, 4) is 11.1 Å². The zero-order valence-electron chi connectivity index (χ0n) is 22.5. The van der Waals surface area contributed by atoms with Gasteiger partial charge in [-0.15, -0.1) is 10.1 Å². The van der Waals surface area contributed by atoms with Gasteiger partial charge in [0, 0.05) is 19.5 Å². The summed E-state index contributed by atoms with van der Waals surface area (Å²) >= 11 is 0. The molecule has 7 nitrogen and oxygen atoms in total. The molecule has 0 bridgehead atoms. The average Bonchev–Trinajstić information content (AvgIpc) is 3.75. The first-order valence-corrected chi connectivity index (χ1v) is 13.8. The number of benzene rings is 3. The zero-order valence-corrected chi connectivity index (χ0v) is 22.5. The van der Waals surface area contributed by atoms with Gasteiger partial charge in [-0.05, 0) is 60.6 Å². The van der Waals surface area contributed by atoms with Gasteiger partial charge in [-0.25, -0.2) is 0 Å². The van der Waals surface area contributed by atoms with Crippen LogP contribution in [0.25, 0.3) is 11.1 Å². The predicted molar refractivity (Wildman–Crippen MR) is 151 cm³/mol. The minimum Gasteiger partial charge on any atom is -0.376 e. The van der Waals surface area contributed by atoms with Gasteiger partial charge in [0.15, 0.2) is 0 Å². The summed E-state index contributed by atoms with van der Waals surface area (Å²) < 4.78 is 6.21. The van der Waals surface area contributed by atoms with Crippen LogP contribution in [0.4, 0.5) is 0 Å². The maximum Gasteiger partial charge on any atom is 0.294 e. The molecule has 0 aromatic heterocycles. The van der Waals surface area contributed by atoms with E-state index in [1.165, 1.54) is 29.5 Å². The summed E-state index contributed by atoms with van der Waals surface area (Å²) in [6.45, 7) is 2.08. The van der Waals surface area contributed by atoms with Crippen LogP contribution in [-0.4, -0.2) is 48.3 Å². The lowest BCUT2D eigenvalue weighted by Crippen LogP contribution is -2.43. The van der Waals surface area contributed by atoms with Crippen LogP contribution in [0.3, 0.4) is 0 Å². The third-order valence-electron chi connectivity index (χ3n) is 7.35. The molecule has 2 fully saturated rings. The number of hydrogen-bond acceptors (Lipinski definition) is 5. The summed E-state index contributed by atoms with van der Waals surface area (Å²) in [5.41, 5.74) is 4.18. The van der Waals surface area contributed by atoms with Crippen molar-refractivity contribution in [2.24, 2.45) is 5.41 Å². The molecule has 1 aliphatic carbocycles. The van der Waals surface area contributed by atoms with Gasteiger partial charge in [0.1, 0.15) is 0 Å². The Labute approximate surface area is 230 Å². The number of piperidine rings is 1. The van der Waals surface area contributed by atoms with Crippen LogP contribution in [0.5, 0.6) is 0 Å². The Bertz CT molecular complexity index is 1120. The Kier molecular flexibility index (Phi) is 10.5. The zero-order chi connectivity index (χ0) is 27.3. The average molecular weight is 531 g/mol. The number of amides is 1. The minimum atomic E-state index is -0.821. The van der Waals surface area contributed by atoms with Crippen LogP contribution in [0.1, 0.15) is 44.1 Å². The molecule has 7 heteroatoms. The van der Waals surface area contributed by atoms with Gasteiger partial charge in [0.25, 0.3) is 5.09 Å². The van der Waals surface area contributed by atoms with E-state index in [1.54, 1.807) is 0 Å². The number of likely N-dealkylation sites (tertiary alicyclic amines) is 1. The van der Waals surface area contributed by atoms with E-state index in [2.05, 4.69) is 77.6 Å². The third-order valence-corrected chi connectivity index (χ3v) is 7.35. The monoisotopic (exact) mass is 530 g/mol. The second kappa shape index (κ2) is 14.4. The molecule has 1 saturated carbocycles. The Balaban J connectivity index is 0.000000243. The van der Waals surface area contributed by atoms with E-state index in [1.807, 2.05) is 23.1 Å². The quantitative estimate of drug-likeness (QED) is 0.164. The first-order chi connectivity index (χ1) is 19.0. The van der Waals surface area contributed by atoms with E-state index in [-0.39, 0.29) is 30.5 Å². The molecule has 0 radical (unpaired) electrons. The van der Waals surface area contributed by atoms with Crippen molar-refractivity contribution in [1.82, 2.24) is 4.90 Å². The van der Waals surface area contributed by atoms with E-state index in [0.29, 0.717) is 13.0 Å². The predicted octanol–water partition coefficient (Wildman–Crippen LogP) is 6.36. The molecule has 1 heterocycles. The first kappa shape index (κ1) is 28.3. The molecule has 0 spiro atoms. The van der Waals surface area contributed by atoms with Gasteiger partial charge < -0.3 is 14.5 Å². The molecule has 1 aliphatic heterocycles. The Morgan fingerprint density at radius 1 is 0.923 bits per heavy atom. The Hall–Kier alpha value is -3.71. The van der Waals surface area contributed by atoms with Gasteiger partial charge in [-0.2, -0.15) is 0 Å². The summed E-state index contributed by atoms with van der Waals surface area (Å²) in [6, 6.07) is 31.3. The fourth-order valence-corrected chi connectivity index (χ4v) is 4.95. The summed E-state index contributed by atoms with van der Waals surface area (Å²) in [4.78, 5) is 28.5. The highest BCUT2D eigenvalue weighted by Gasteiger charge is 2.43. The lowest BCUT2D eigenvalue weighted by Gasteiger charge is -2.33. The van der Waals surface area contributed by atoms with E-state index in [4.69, 9.17) is 4.74 Å².